The summed E-state index contributed by atoms with van der Waals surface area (Å²) >= 11 is 7.77. The van der Waals surface area contributed by atoms with Gasteiger partial charge in [-0.05, 0) is 45.7 Å². The summed E-state index contributed by atoms with van der Waals surface area (Å²) in [5, 5.41) is 8.76. The number of methoxy groups -OCH3 is 1. The van der Waals surface area contributed by atoms with Gasteiger partial charge in [0.25, 0.3) is 0 Å². The molecule has 2 aliphatic rings. The quantitative estimate of drug-likeness (QED) is 0.551. The van der Waals surface area contributed by atoms with Gasteiger partial charge >= 0.3 is 12.1 Å². The number of allylic oxidation sites excluding steroid dienone is 1. The molecule has 1 fully saturated rings. The largest absolute Gasteiger partial charge is 0.466 e. The molecule has 1 amide bonds. The van der Waals surface area contributed by atoms with Gasteiger partial charge in [0.05, 0.1) is 12.7 Å². The Kier molecular flexibility index (Phi) is 7.14. The Morgan fingerprint density at radius 3 is 2.63 bits per heavy atom. The summed E-state index contributed by atoms with van der Waals surface area (Å²) < 4.78 is 24.2. The number of rotatable bonds is 5. The summed E-state index contributed by atoms with van der Waals surface area (Å²) in [5.74, 6) is -0.660. The molecule has 2 N–H and O–H groups in total. The topological polar surface area (TPSA) is 102 Å². The average molecular weight is 521 g/mol. The maximum absolute atomic E-state index is 13.8. The Hall–Kier alpha value is -2.98. The molecule has 1 aromatic heterocycles. The third-order valence-electron chi connectivity index (χ3n) is 5.64. The summed E-state index contributed by atoms with van der Waals surface area (Å²) in [6, 6.07) is 3.06. The number of aliphatic imine (C=N–C) groups is 1. The normalized spacial score (nSPS) is 22.0. The predicted octanol–water partition coefficient (Wildman–Crippen LogP) is 4.76. The van der Waals surface area contributed by atoms with E-state index in [0.717, 1.165) is 0 Å². The minimum atomic E-state index is -0.816. The molecule has 0 radical (unpaired) electrons. The van der Waals surface area contributed by atoms with Gasteiger partial charge in [-0.1, -0.05) is 17.7 Å². The molecule has 1 atom stereocenters. The van der Waals surface area contributed by atoms with Crippen LogP contribution in [0.1, 0.15) is 50.2 Å². The summed E-state index contributed by atoms with van der Waals surface area (Å²) in [4.78, 5) is 34.2. The monoisotopic (exact) mass is 520 g/mol. The molecule has 1 aliphatic heterocycles. The molecule has 1 aromatic carbocycles. The van der Waals surface area contributed by atoms with E-state index in [0.29, 0.717) is 40.5 Å². The second-order valence-corrected chi connectivity index (χ2v) is 10.6. The van der Waals surface area contributed by atoms with Crippen LogP contribution in [-0.2, 0) is 14.3 Å². The summed E-state index contributed by atoms with van der Waals surface area (Å²) in [7, 11) is 1.30. The van der Waals surface area contributed by atoms with Crippen molar-refractivity contribution in [1.82, 2.24) is 15.6 Å². The lowest BCUT2D eigenvalue weighted by molar-refractivity contribution is -0.136. The number of nitrogens with zero attached hydrogens (tertiary/aromatic N) is 2. The second-order valence-electron chi connectivity index (χ2n) is 9.34. The van der Waals surface area contributed by atoms with E-state index in [4.69, 9.17) is 26.1 Å². The molecule has 186 valence electrons. The molecule has 35 heavy (non-hydrogen) atoms. The number of carbonyl (C=O) groups is 2. The number of nitrogens with one attached hydrogen (secondary N) is 2. The first-order valence-electron chi connectivity index (χ1n) is 11.1. The molecule has 1 unspecified atom stereocenters. The molecule has 11 heteroatoms. The zero-order valence-electron chi connectivity index (χ0n) is 19.7. The zero-order valence-corrected chi connectivity index (χ0v) is 21.3. The highest BCUT2D eigenvalue weighted by Crippen LogP contribution is 2.42. The van der Waals surface area contributed by atoms with Crippen molar-refractivity contribution in [3.05, 3.63) is 62.5 Å². The lowest BCUT2D eigenvalue weighted by Gasteiger charge is -2.40. The van der Waals surface area contributed by atoms with Crippen LogP contribution in [0, 0.1) is 11.7 Å². The van der Waals surface area contributed by atoms with Crippen molar-refractivity contribution in [3.8, 4) is 0 Å². The number of aromatic nitrogens is 1. The maximum atomic E-state index is 13.8. The SMILES string of the molecule is COC(=O)C1=C([C@H]2C[C@@H](NC(=O)OC(C)(C)C)C2)NC(c2nccs2)=NC1c1ccc(F)cc1Cl. The van der Waals surface area contributed by atoms with Crippen LogP contribution in [0.25, 0.3) is 0 Å². The van der Waals surface area contributed by atoms with E-state index in [1.807, 2.05) is 5.38 Å². The molecule has 1 saturated carbocycles. The highest BCUT2D eigenvalue weighted by Gasteiger charge is 2.41. The van der Waals surface area contributed by atoms with Crippen LogP contribution in [0.2, 0.25) is 5.02 Å². The highest BCUT2D eigenvalue weighted by atomic mass is 35.5. The molecule has 2 heterocycles. The van der Waals surface area contributed by atoms with Crippen LogP contribution in [-0.4, -0.2) is 41.6 Å². The molecule has 1 aliphatic carbocycles. The zero-order chi connectivity index (χ0) is 25.3. The molecule has 4 rings (SSSR count). The van der Waals surface area contributed by atoms with Crippen molar-refractivity contribution in [2.45, 2.75) is 51.3 Å². The molecular formula is C24H26ClFN4O4S. The van der Waals surface area contributed by atoms with Gasteiger partial charge in [0.2, 0.25) is 0 Å². The molecule has 0 saturated heterocycles. The van der Waals surface area contributed by atoms with Crippen LogP contribution in [0.15, 0.2) is 46.0 Å². The number of hydrogen-bond acceptors (Lipinski definition) is 8. The average Bonchev–Trinajstić information content (AvgIpc) is 3.28. The maximum Gasteiger partial charge on any atom is 0.407 e. The van der Waals surface area contributed by atoms with E-state index in [-0.39, 0.29) is 17.0 Å². The fraction of sp³-hybridized carbons (Fsp3) is 0.417. The minimum absolute atomic E-state index is 0.0868. The molecule has 0 bridgehead atoms. The van der Waals surface area contributed by atoms with Crippen molar-refractivity contribution in [1.29, 1.82) is 0 Å². The Balaban J connectivity index is 1.67. The van der Waals surface area contributed by atoms with Crippen LogP contribution in [0.3, 0.4) is 0 Å². The minimum Gasteiger partial charge on any atom is -0.466 e. The number of thiazole rings is 1. The summed E-state index contributed by atoms with van der Waals surface area (Å²) in [6.45, 7) is 5.40. The number of amidine groups is 1. The van der Waals surface area contributed by atoms with Crippen molar-refractivity contribution < 1.29 is 23.5 Å². The molecule has 8 nitrogen and oxygen atoms in total. The Morgan fingerprint density at radius 1 is 1.29 bits per heavy atom. The first kappa shape index (κ1) is 25.1. The lowest BCUT2D eigenvalue weighted by atomic mass is 9.75. The number of amides is 1. The first-order chi connectivity index (χ1) is 16.6. The van der Waals surface area contributed by atoms with Gasteiger partial charge in [-0.3, -0.25) is 4.99 Å². The van der Waals surface area contributed by atoms with Crippen molar-refractivity contribution in [2.24, 2.45) is 10.9 Å². The van der Waals surface area contributed by atoms with Gasteiger partial charge in [0.15, 0.2) is 10.8 Å². The van der Waals surface area contributed by atoms with Gasteiger partial charge in [-0.15, -0.1) is 11.3 Å². The van der Waals surface area contributed by atoms with Crippen LogP contribution < -0.4 is 10.6 Å². The lowest BCUT2D eigenvalue weighted by Crippen LogP contribution is -2.49. The van der Waals surface area contributed by atoms with E-state index in [2.05, 4.69) is 15.6 Å². The molecular weight excluding hydrogens is 495 g/mol. The Bertz CT molecular complexity index is 1190. The fourth-order valence-corrected chi connectivity index (χ4v) is 4.92. The first-order valence-corrected chi connectivity index (χ1v) is 12.3. The number of esters is 1. The summed E-state index contributed by atoms with van der Waals surface area (Å²) in [6.07, 6.45) is 2.34. The van der Waals surface area contributed by atoms with E-state index >= 15 is 0 Å². The summed E-state index contributed by atoms with van der Waals surface area (Å²) in [5.41, 5.74) is 0.801. The van der Waals surface area contributed by atoms with Crippen molar-refractivity contribution in [3.63, 3.8) is 0 Å². The fourth-order valence-electron chi connectivity index (χ4n) is 4.06. The number of carbonyl (C=O) groups excluding carboxylic acids is 2. The standard InChI is InChI=1S/C24H26ClFN4O4S/c1-24(2,3)34-23(32)28-14-9-12(10-14)18-17(22(31)33-4)19(15-6-5-13(26)11-16(15)25)30-20(29-18)21-27-7-8-35-21/h5-8,11-12,14,19H,9-10H2,1-4H3,(H,28,32)(H,29,30)/t12-,14+,19?. The van der Waals surface area contributed by atoms with Gasteiger partial charge in [-0.2, -0.15) is 0 Å². The number of halogens is 2. The van der Waals surface area contributed by atoms with E-state index in [1.165, 1.54) is 36.6 Å². The number of alkyl carbamates (subject to hydrolysis) is 1. The number of hydrogen-bond donors (Lipinski definition) is 2. The molecule has 2 aromatic rings. The Labute approximate surface area is 211 Å². The van der Waals surface area contributed by atoms with Gasteiger partial charge < -0.3 is 20.1 Å². The van der Waals surface area contributed by atoms with Crippen molar-refractivity contribution >= 4 is 40.8 Å². The van der Waals surface area contributed by atoms with Gasteiger partial charge in [-0.25, -0.2) is 19.0 Å². The third-order valence-corrected chi connectivity index (χ3v) is 6.75. The molecule has 0 spiro atoms. The van der Waals surface area contributed by atoms with Crippen LogP contribution in [0.4, 0.5) is 9.18 Å². The smallest absolute Gasteiger partial charge is 0.407 e. The van der Waals surface area contributed by atoms with E-state index < -0.39 is 29.5 Å². The van der Waals surface area contributed by atoms with Crippen LogP contribution >= 0.6 is 22.9 Å². The highest BCUT2D eigenvalue weighted by molar-refractivity contribution is 7.11. The number of benzene rings is 1. The predicted molar refractivity (Wildman–Crippen MR) is 131 cm³/mol. The van der Waals surface area contributed by atoms with Crippen molar-refractivity contribution in [2.75, 3.05) is 7.11 Å². The third kappa shape index (κ3) is 5.65. The van der Waals surface area contributed by atoms with E-state index in [1.54, 1.807) is 27.0 Å². The van der Waals surface area contributed by atoms with Gasteiger partial charge in [0.1, 0.15) is 17.5 Å². The van der Waals surface area contributed by atoms with Gasteiger partial charge in [0, 0.05) is 39.8 Å². The second kappa shape index (κ2) is 9.94. The van der Waals surface area contributed by atoms with E-state index in [9.17, 15) is 14.0 Å². The number of ether oxygens (including phenoxy) is 2. The van der Waals surface area contributed by atoms with Crippen LogP contribution in [0.5, 0.6) is 0 Å². The Morgan fingerprint density at radius 2 is 2.03 bits per heavy atom.